The Hall–Kier alpha value is -2.59. The Labute approximate surface area is 128 Å². The SMILES string of the molecule is C[NH+](C)Cc1c(O)ccc2c(-c3ccccc3)cc(=O)oc12. The van der Waals surface area contributed by atoms with E-state index in [-0.39, 0.29) is 5.75 Å². The van der Waals surface area contributed by atoms with Crippen LogP contribution in [0, 0.1) is 0 Å². The molecule has 0 unspecified atom stereocenters. The van der Waals surface area contributed by atoms with Crippen molar-refractivity contribution in [1.29, 1.82) is 0 Å². The van der Waals surface area contributed by atoms with Crippen molar-refractivity contribution in [2.75, 3.05) is 14.1 Å². The molecular weight excluding hydrogens is 278 g/mol. The zero-order valence-corrected chi connectivity index (χ0v) is 12.6. The van der Waals surface area contributed by atoms with Gasteiger partial charge in [0.25, 0.3) is 0 Å². The Morgan fingerprint density at radius 2 is 1.82 bits per heavy atom. The molecule has 3 aromatic rings. The molecule has 0 radical (unpaired) electrons. The Morgan fingerprint density at radius 1 is 1.09 bits per heavy atom. The largest absolute Gasteiger partial charge is 0.507 e. The first-order chi connectivity index (χ1) is 10.6. The summed E-state index contributed by atoms with van der Waals surface area (Å²) in [6.07, 6.45) is 0. The molecule has 2 N–H and O–H groups in total. The quantitative estimate of drug-likeness (QED) is 0.725. The van der Waals surface area contributed by atoms with Crippen LogP contribution in [0.5, 0.6) is 5.75 Å². The van der Waals surface area contributed by atoms with Crippen molar-refractivity contribution in [1.82, 2.24) is 0 Å². The topological polar surface area (TPSA) is 54.9 Å². The highest BCUT2D eigenvalue weighted by atomic mass is 16.4. The molecule has 4 nitrogen and oxygen atoms in total. The summed E-state index contributed by atoms with van der Waals surface area (Å²) < 4.78 is 5.41. The molecule has 2 aromatic carbocycles. The highest BCUT2D eigenvalue weighted by molar-refractivity contribution is 5.95. The van der Waals surface area contributed by atoms with Crippen molar-refractivity contribution in [2.24, 2.45) is 0 Å². The molecule has 112 valence electrons. The van der Waals surface area contributed by atoms with Crippen molar-refractivity contribution >= 4 is 11.0 Å². The predicted octanol–water partition coefficient (Wildman–Crippen LogP) is 1.81. The van der Waals surface area contributed by atoms with Gasteiger partial charge in [-0.15, -0.1) is 0 Å². The van der Waals surface area contributed by atoms with Gasteiger partial charge in [0.2, 0.25) is 0 Å². The molecule has 22 heavy (non-hydrogen) atoms. The van der Waals surface area contributed by atoms with Crippen molar-refractivity contribution in [2.45, 2.75) is 6.54 Å². The molecule has 0 atom stereocenters. The number of hydrogen-bond acceptors (Lipinski definition) is 3. The molecule has 0 aliphatic rings. The monoisotopic (exact) mass is 296 g/mol. The minimum Gasteiger partial charge on any atom is -0.507 e. The zero-order chi connectivity index (χ0) is 15.7. The lowest BCUT2D eigenvalue weighted by Gasteiger charge is -2.12. The number of hydrogen-bond donors (Lipinski definition) is 2. The zero-order valence-electron chi connectivity index (χ0n) is 12.6. The van der Waals surface area contributed by atoms with E-state index in [9.17, 15) is 9.90 Å². The summed E-state index contributed by atoms with van der Waals surface area (Å²) in [6.45, 7) is 0.574. The molecular formula is C18H18NO3+. The Morgan fingerprint density at radius 3 is 2.50 bits per heavy atom. The molecule has 0 amide bonds. The van der Waals surface area contributed by atoms with Crippen molar-refractivity contribution in [3.05, 3.63) is 64.5 Å². The highest BCUT2D eigenvalue weighted by Crippen LogP contribution is 2.32. The van der Waals surface area contributed by atoms with Crippen molar-refractivity contribution in [3.63, 3.8) is 0 Å². The number of rotatable bonds is 3. The van der Waals surface area contributed by atoms with Gasteiger partial charge in [0.05, 0.1) is 19.7 Å². The van der Waals surface area contributed by atoms with Crippen molar-refractivity contribution < 1.29 is 14.4 Å². The summed E-state index contributed by atoms with van der Waals surface area (Å²) in [5, 5.41) is 11.0. The number of phenols is 1. The van der Waals surface area contributed by atoms with E-state index < -0.39 is 5.63 Å². The van der Waals surface area contributed by atoms with Crippen molar-refractivity contribution in [3.8, 4) is 16.9 Å². The van der Waals surface area contributed by atoms with Gasteiger partial charge in [-0.05, 0) is 23.3 Å². The third-order valence-corrected chi connectivity index (χ3v) is 3.61. The average molecular weight is 296 g/mol. The normalized spacial score (nSPS) is 11.2. The van der Waals surface area contributed by atoms with E-state index in [0.717, 1.165) is 21.4 Å². The predicted molar refractivity (Wildman–Crippen MR) is 86.1 cm³/mol. The van der Waals surface area contributed by atoms with E-state index in [2.05, 4.69) is 0 Å². The number of quaternary nitrogens is 1. The molecule has 0 saturated carbocycles. The van der Waals surface area contributed by atoms with Crippen LogP contribution in [-0.2, 0) is 6.54 Å². The van der Waals surface area contributed by atoms with Crippen LogP contribution in [-0.4, -0.2) is 19.2 Å². The molecule has 1 aromatic heterocycles. The van der Waals surface area contributed by atoms with Gasteiger partial charge in [0.15, 0.2) is 5.58 Å². The van der Waals surface area contributed by atoms with Gasteiger partial charge in [-0.2, -0.15) is 0 Å². The second kappa shape index (κ2) is 5.66. The second-order valence-electron chi connectivity index (χ2n) is 5.67. The molecule has 3 rings (SSSR count). The number of benzene rings is 2. The summed E-state index contributed by atoms with van der Waals surface area (Å²) in [4.78, 5) is 13.1. The minimum atomic E-state index is -0.410. The van der Waals surface area contributed by atoms with Crippen LogP contribution in [0.15, 0.2) is 57.7 Å². The number of fused-ring (bicyclic) bond motifs is 1. The van der Waals surface area contributed by atoms with Crippen LogP contribution in [0.4, 0.5) is 0 Å². The maximum Gasteiger partial charge on any atom is 0.336 e. The van der Waals surface area contributed by atoms with Gasteiger partial charge in [0.1, 0.15) is 12.3 Å². The lowest BCUT2D eigenvalue weighted by atomic mass is 9.99. The molecule has 0 fully saturated rings. The highest BCUT2D eigenvalue weighted by Gasteiger charge is 2.16. The maximum absolute atomic E-state index is 12.0. The summed E-state index contributed by atoms with van der Waals surface area (Å²) in [5.41, 5.74) is 2.49. The fourth-order valence-corrected chi connectivity index (χ4v) is 2.65. The number of aromatic hydroxyl groups is 1. The minimum absolute atomic E-state index is 0.155. The van der Waals surface area contributed by atoms with Crippen LogP contribution in [0.2, 0.25) is 0 Å². The second-order valence-corrected chi connectivity index (χ2v) is 5.67. The van der Waals surface area contributed by atoms with E-state index >= 15 is 0 Å². The van der Waals surface area contributed by atoms with Gasteiger partial charge in [-0.3, -0.25) is 0 Å². The van der Waals surface area contributed by atoms with E-state index in [0.29, 0.717) is 17.7 Å². The van der Waals surface area contributed by atoms with Gasteiger partial charge in [-0.1, -0.05) is 30.3 Å². The first-order valence-electron chi connectivity index (χ1n) is 7.19. The van der Waals surface area contributed by atoms with Crippen LogP contribution in [0.25, 0.3) is 22.1 Å². The molecule has 0 aliphatic carbocycles. The van der Waals surface area contributed by atoms with Crippen LogP contribution >= 0.6 is 0 Å². The third kappa shape index (κ3) is 2.61. The Balaban J connectivity index is 2.34. The Bertz CT molecular complexity index is 867. The van der Waals surface area contributed by atoms with E-state index in [4.69, 9.17) is 4.42 Å². The standard InChI is InChI=1S/C18H17NO3/c1-19(2)11-15-16(20)9-8-13-14(10-17(21)22-18(13)15)12-6-4-3-5-7-12/h3-10,20H,11H2,1-2H3/p+1. The lowest BCUT2D eigenvalue weighted by molar-refractivity contribution is -0.872. The third-order valence-electron chi connectivity index (χ3n) is 3.61. The van der Waals surface area contributed by atoms with Crippen LogP contribution < -0.4 is 10.5 Å². The van der Waals surface area contributed by atoms with E-state index in [1.807, 2.05) is 44.4 Å². The first kappa shape index (κ1) is 14.4. The fourth-order valence-electron chi connectivity index (χ4n) is 2.65. The molecule has 0 saturated heterocycles. The molecule has 0 spiro atoms. The summed E-state index contributed by atoms with van der Waals surface area (Å²) in [5.74, 6) is 0.155. The summed E-state index contributed by atoms with van der Waals surface area (Å²) in [7, 11) is 3.97. The van der Waals surface area contributed by atoms with E-state index in [1.165, 1.54) is 6.07 Å². The smallest absolute Gasteiger partial charge is 0.336 e. The Kier molecular flexibility index (Phi) is 3.69. The fraction of sp³-hybridized carbons (Fsp3) is 0.167. The molecule has 0 bridgehead atoms. The average Bonchev–Trinajstić information content (AvgIpc) is 2.50. The number of phenolic OH excluding ortho intramolecular Hbond substituents is 1. The molecule has 0 aliphatic heterocycles. The van der Waals surface area contributed by atoms with Crippen LogP contribution in [0.1, 0.15) is 5.56 Å². The lowest BCUT2D eigenvalue weighted by Crippen LogP contribution is -3.04. The summed E-state index contributed by atoms with van der Waals surface area (Å²) in [6, 6.07) is 14.7. The number of nitrogens with one attached hydrogen (secondary N) is 1. The van der Waals surface area contributed by atoms with Gasteiger partial charge in [-0.25, -0.2) is 4.79 Å². The first-order valence-corrected chi connectivity index (χ1v) is 7.19. The summed E-state index contributed by atoms with van der Waals surface area (Å²) >= 11 is 0. The van der Waals surface area contributed by atoms with E-state index in [1.54, 1.807) is 12.1 Å². The van der Waals surface area contributed by atoms with Gasteiger partial charge in [0, 0.05) is 11.5 Å². The van der Waals surface area contributed by atoms with Gasteiger partial charge >= 0.3 is 5.63 Å². The van der Waals surface area contributed by atoms with Gasteiger partial charge < -0.3 is 14.4 Å². The molecule has 4 heteroatoms. The molecule has 1 heterocycles. The maximum atomic E-state index is 12.0. The van der Waals surface area contributed by atoms with Crippen LogP contribution in [0.3, 0.4) is 0 Å².